The van der Waals surface area contributed by atoms with Crippen molar-refractivity contribution in [2.45, 2.75) is 27.7 Å². The highest BCUT2D eigenvalue weighted by molar-refractivity contribution is 7.17. The summed E-state index contributed by atoms with van der Waals surface area (Å²) in [4.78, 5) is 16.7. The first-order valence-corrected chi connectivity index (χ1v) is 6.36. The Morgan fingerprint density at radius 3 is 2.47 bits per heavy atom. The van der Waals surface area contributed by atoms with Gasteiger partial charge in [0.15, 0.2) is 5.78 Å². The number of aromatic nitrogens is 1. The number of benzene rings is 1. The number of rotatable bonds is 2. The first kappa shape index (κ1) is 12.0. The highest BCUT2D eigenvalue weighted by Gasteiger charge is 2.13. The molecule has 2 nitrogen and oxygen atoms in total. The highest BCUT2D eigenvalue weighted by atomic mass is 32.1. The van der Waals surface area contributed by atoms with Crippen molar-refractivity contribution >= 4 is 17.1 Å². The number of thiazole rings is 1. The van der Waals surface area contributed by atoms with Gasteiger partial charge in [0.1, 0.15) is 5.01 Å². The van der Waals surface area contributed by atoms with Crippen LogP contribution in [0.4, 0.5) is 0 Å². The molecule has 1 heterocycles. The molecule has 0 saturated carbocycles. The van der Waals surface area contributed by atoms with E-state index in [1.165, 1.54) is 22.5 Å². The van der Waals surface area contributed by atoms with Gasteiger partial charge in [-0.15, -0.1) is 11.3 Å². The summed E-state index contributed by atoms with van der Waals surface area (Å²) < 4.78 is 0. The van der Waals surface area contributed by atoms with Gasteiger partial charge in [-0.1, -0.05) is 23.8 Å². The van der Waals surface area contributed by atoms with Crippen LogP contribution in [0, 0.1) is 20.8 Å². The second-order valence-corrected chi connectivity index (χ2v) is 5.31. The fourth-order valence-corrected chi connectivity index (χ4v) is 2.94. The summed E-state index contributed by atoms with van der Waals surface area (Å²) in [5.41, 5.74) is 4.40. The number of carbonyl (C=O) groups is 1. The van der Waals surface area contributed by atoms with E-state index in [9.17, 15) is 4.79 Å². The van der Waals surface area contributed by atoms with E-state index >= 15 is 0 Å². The molecule has 0 aliphatic rings. The predicted octanol–water partition coefficient (Wildman–Crippen LogP) is 3.94. The highest BCUT2D eigenvalue weighted by Crippen LogP contribution is 2.30. The molecule has 0 spiro atoms. The number of aryl methyl sites for hydroxylation is 3. The molecule has 1 aromatic carbocycles. The Kier molecular flexibility index (Phi) is 3.11. The van der Waals surface area contributed by atoms with Crippen LogP contribution in [0.25, 0.3) is 10.6 Å². The van der Waals surface area contributed by atoms with E-state index in [0.29, 0.717) is 0 Å². The Bertz CT molecular complexity index is 584. The minimum Gasteiger partial charge on any atom is -0.294 e. The first-order chi connectivity index (χ1) is 7.99. The minimum absolute atomic E-state index is 0.0935. The molecule has 0 aliphatic carbocycles. The van der Waals surface area contributed by atoms with Crippen molar-refractivity contribution in [1.82, 2.24) is 4.98 Å². The molecular weight excluding hydrogens is 230 g/mol. The lowest BCUT2D eigenvalue weighted by Gasteiger charge is -2.02. The third-order valence-corrected chi connectivity index (χ3v) is 4.02. The van der Waals surface area contributed by atoms with Crippen LogP contribution in [-0.4, -0.2) is 10.8 Å². The maximum atomic E-state index is 11.4. The van der Waals surface area contributed by atoms with Crippen LogP contribution >= 0.6 is 11.3 Å². The molecule has 1 aromatic heterocycles. The van der Waals surface area contributed by atoms with Gasteiger partial charge in [-0.3, -0.25) is 4.79 Å². The second-order valence-electron chi connectivity index (χ2n) is 4.31. The number of carbonyl (C=O) groups excluding carboxylic acids is 1. The average molecular weight is 245 g/mol. The molecule has 0 radical (unpaired) electrons. The van der Waals surface area contributed by atoms with Crippen LogP contribution in [0.5, 0.6) is 0 Å². The first-order valence-electron chi connectivity index (χ1n) is 5.55. The lowest BCUT2D eigenvalue weighted by atomic mass is 10.1. The lowest BCUT2D eigenvalue weighted by Crippen LogP contribution is -1.89. The molecule has 0 N–H and O–H groups in total. The van der Waals surface area contributed by atoms with Crippen molar-refractivity contribution in [3.8, 4) is 10.6 Å². The van der Waals surface area contributed by atoms with E-state index in [0.717, 1.165) is 21.1 Å². The van der Waals surface area contributed by atoms with E-state index in [1.807, 2.05) is 6.92 Å². The third kappa shape index (κ3) is 2.29. The van der Waals surface area contributed by atoms with Gasteiger partial charge in [0, 0.05) is 12.5 Å². The maximum absolute atomic E-state index is 11.4. The van der Waals surface area contributed by atoms with Crippen molar-refractivity contribution in [1.29, 1.82) is 0 Å². The van der Waals surface area contributed by atoms with Gasteiger partial charge >= 0.3 is 0 Å². The standard InChI is InChI=1S/C14H15NOS/c1-8-5-6-12(9(2)7-8)14-15-10(3)13(17-14)11(4)16/h5-7H,1-4H3. The maximum Gasteiger partial charge on any atom is 0.171 e. The lowest BCUT2D eigenvalue weighted by molar-refractivity contribution is 0.102. The smallest absolute Gasteiger partial charge is 0.171 e. The van der Waals surface area contributed by atoms with Gasteiger partial charge in [-0.2, -0.15) is 0 Å². The van der Waals surface area contributed by atoms with Gasteiger partial charge in [0.05, 0.1) is 10.6 Å². The zero-order chi connectivity index (χ0) is 12.6. The molecule has 3 heteroatoms. The Morgan fingerprint density at radius 1 is 1.24 bits per heavy atom. The van der Waals surface area contributed by atoms with Crippen molar-refractivity contribution in [2.24, 2.45) is 0 Å². The van der Waals surface area contributed by atoms with Crippen molar-refractivity contribution < 1.29 is 4.79 Å². The largest absolute Gasteiger partial charge is 0.294 e. The molecule has 88 valence electrons. The van der Waals surface area contributed by atoms with Crippen LogP contribution in [0.2, 0.25) is 0 Å². The number of Topliss-reactive ketones (excluding diaryl/α,β-unsaturated/α-hetero) is 1. The molecule has 0 amide bonds. The van der Waals surface area contributed by atoms with Crippen LogP contribution in [0.1, 0.15) is 33.4 Å². The van der Waals surface area contributed by atoms with Crippen molar-refractivity contribution in [2.75, 3.05) is 0 Å². The topological polar surface area (TPSA) is 30.0 Å². The van der Waals surface area contributed by atoms with Crippen molar-refractivity contribution in [3.63, 3.8) is 0 Å². The molecule has 2 rings (SSSR count). The Hall–Kier alpha value is -1.48. The van der Waals surface area contributed by atoms with Gasteiger partial charge in [-0.05, 0) is 26.3 Å². The molecule has 0 aliphatic heterocycles. The normalized spacial score (nSPS) is 10.6. The molecule has 0 bridgehead atoms. The Morgan fingerprint density at radius 2 is 1.94 bits per heavy atom. The summed E-state index contributed by atoms with van der Waals surface area (Å²) in [7, 11) is 0. The number of hydrogen-bond donors (Lipinski definition) is 0. The summed E-state index contributed by atoms with van der Waals surface area (Å²) in [6.07, 6.45) is 0. The fourth-order valence-electron chi connectivity index (χ4n) is 1.89. The van der Waals surface area contributed by atoms with E-state index in [1.54, 1.807) is 6.92 Å². The van der Waals surface area contributed by atoms with Crippen molar-refractivity contribution in [3.05, 3.63) is 39.9 Å². The number of hydrogen-bond acceptors (Lipinski definition) is 3. The van der Waals surface area contributed by atoms with Gasteiger partial charge in [0.2, 0.25) is 0 Å². The zero-order valence-electron chi connectivity index (χ0n) is 10.5. The quantitative estimate of drug-likeness (QED) is 0.750. The van der Waals surface area contributed by atoms with Crippen LogP contribution in [0.3, 0.4) is 0 Å². The molecule has 0 atom stereocenters. The van der Waals surface area contributed by atoms with Crippen LogP contribution in [-0.2, 0) is 0 Å². The summed E-state index contributed by atoms with van der Waals surface area (Å²) in [5, 5.41) is 0.935. The van der Waals surface area contributed by atoms with E-state index in [4.69, 9.17) is 0 Å². The monoisotopic (exact) mass is 245 g/mol. The summed E-state index contributed by atoms with van der Waals surface area (Å²) >= 11 is 1.48. The van der Waals surface area contributed by atoms with Crippen LogP contribution in [0.15, 0.2) is 18.2 Å². The molecule has 0 saturated heterocycles. The van der Waals surface area contributed by atoms with E-state index in [-0.39, 0.29) is 5.78 Å². The minimum atomic E-state index is 0.0935. The molecular formula is C14H15NOS. The molecule has 2 aromatic rings. The van der Waals surface area contributed by atoms with Gasteiger partial charge in [-0.25, -0.2) is 4.98 Å². The number of ketones is 1. The second kappa shape index (κ2) is 4.41. The molecule has 17 heavy (non-hydrogen) atoms. The zero-order valence-corrected chi connectivity index (χ0v) is 11.3. The summed E-state index contributed by atoms with van der Waals surface area (Å²) in [6.45, 7) is 7.63. The SMILES string of the molecule is CC(=O)c1sc(-c2ccc(C)cc2C)nc1C. The van der Waals surface area contributed by atoms with E-state index < -0.39 is 0 Å². The fraction of sp³-hybridized carbons (Fsp3) is 0.286. The summed E-state index contributed by atoms with van der Waals surface area (Å²) in [6, 6.07) is 6.29. The van der Waals surface area contributed by atoms with Gasteiger partial charge < -0.3 is 0 Å². The Labute approximate surface area is 105 Å². The third-order valence-electron chi connectivity index (χ3n) is 2.73. The number of nitrogens with zero attached hydrogens (tertiary/aromatic N) is 1. The van der Waals surface area contributed by atoms with Crippen LogP contribution < -0.4 is 0 Å². The summed E-state index contributed by atoms with van der Waals surface area (Å²) in [5.74, 6) is 0.0935. The Balaban J connectivity index is 2.53. The van der Waals surface area contributed by atoms with Gasteiger partial charge in [0.25, 0.3) is 0 Å². The average Bonchev–Trinajstić information content (AvgIpc) is 2.60. The molecule has 0 fully saturated rings. The van der Waals surface area contributed by atoms with E-state index in [2.05, 4.69) is 37.0 Å². The molecule has 0 unspecified atom stereocenters. The predicted molar refractivity (Wildman–Crippen MR) is 71.8 cm³/mol.